The zero-order chi connectivity index (χ0) is 18.8. The predicted octanol–water partition coefficient (Wildman–Crippen LogP) is 1.91. The first kappa shape index (κ1) is 18.9. The van der Waals surface area contributed by atoms with Crippen LogP contribution < -0.4 is 0 Å². The van der Waals surface area contributed by atoms with Gasteiger partial charge >= 0.3 is 0 Å². The van der Waals surface area contributed by atoms with E-state index in [4.69, 9.17) is 4.42 Å². The number of sulfone groups is 2. The molecule has 0 aliphatic heterocycles. The smallest absolute Gasteiger partial charge is 0.251 e. The van der Waals surface area contributed by atoms with Crippen LogP contribution in [-0.4, -0.2) is 44.7 Å². The van der Waals surface area contributed by atoms with E-state index in [-0.39, 0.29) is 38.3 Å². The summed E-state index contributed by atoms with van der Waals surface area (Å²) in [4.78, 5) is 3.78. The minimum Gasteiger partial charge on any atom is -0.435 e. The highest BCUT2D eigenvalue weighted by atomic mass is 32.2. The first-order valence-corrected chi connectivity index (χ1v) is 10.6. The quantitative estimate of drug-likeness (QED) is 0.349. The number of benzene rings is 1. The third kappa shape index (κ3) is 3.80. The third-order valence-corrected chi connectivity index (χ3v) is 6.18. The molecule has 10 heteroatoms. The van der Waals surface area contributed by atoms with Gasteiger partial charge in [-0.3, -0.25) is 0 Å². The molecule has 1 aromatic heterocycles. The van der Waals surface area contributed by atoms with Gasteiger partial charge in [-0.05, 0) is 24.3 Å². The molecule has 0 unspecified atom stereocenters. The second-order valence-electron chi connectivity index (χ2n) is 5.04. The van der Waals surface area contributed by atoms with Crippen molar-refractivity contribution in [1.29, 1.82) is 0 Å². The van der Waals surface area contributed by atoms with Gasteiger partial charge in [-0.25, -0.2) is 21.8 Å². The van der Waals surface area contributed by atoms with E-state index in [0.717, 1.165) is 6.26 Å². The molecule has 134 valence electrons. The molecule has 0 bridgehead atoms. The maximum Gasteiger partial charge on any atom is 0.251 e. The van der Waals surface area contributed by atoms with Crippen molar-refractivity contribution in [2.24, 2.45) is 5.16 Å². The third-order valence-electron chi connectivity index (χ3n) is 3.31. The van der Waals surface area contributed by atoms with Crippen LogP contribution in [0.1, 0.15) is 12.8 Å². The molecule has 0 atom stereocenters. The summed E-state index contributed by atoms with van der Waals surface area (Å²) in [6.45, 7) is 4.88. The molecular weight excluding hydrogens is 368 g/mol. The summed E-state index contributed by atoms with van der Waals surface area (Å²) in [5.74, 6) is -0.488. The first-order valence-electron chi connectivity index (χ1n) is 7.03. The fourth-order valence-corrected chi connectivity index (χ4v) is 3.71. The number of oxazole rings is 1. The minimum atomic E-state index is -3.75. The average Bonchev–Trinajstić information content (AvgIpc) is 2.96. The van der Waals surface area contributed by atoms with Crippen molar-refractivity contribution in [3.05, 3.63) is 47.7 Å². The van der Waals surface area contributed by atoms with Gasteiger partial charge in [0, 0.05) is 6.26 Å². The van der Waals surface area contributed by atoms with Gasteiger partial charge in [0.2, 0.25) is 0 Å². The lowest BCUT2D eigenvalue weighted by atomic mass is 10.3. The summed E-state index contributed by atoms with van der Waals surface area (Å²) in [6.07, 6.45) is 3.46. The normalized spacial score (nSPS) is 14.0. The lowest BCUT2D eigenvalue weighted by Gasteiger charge is -2.05. The van der Waals surface area contributed by atoms with E-state index in [1.165, 1.54) is 37.3 Å². The Hall–Kier alpha value is -2.46. The molecule has 0 spiro atoms. The largest absolute Gasteiger partial charge is 0.435 e. The first-order chi connectivity index (χ1) is 11.6. The van der Waals surface area contributed by atoms with E-state index in [1.54, 1.807) is 0 Å². The number of hydrogen-bond donors (Lipinski definition) is 1. The lowest BCUT2D eigenvalue weighted by Crippen LogP contribution is -2.17. The van der Waals surface area contributed by atoms with E-state index in [9.17, 15) is 22.0 Å². The molecule has 25 heavy (non-hydrogen) atoms. The summed E-state index contributed by atoms with van der Waals surface area (Å²) < 4.78 is 53.1. The summed E-state index contributed by atoms with van der Waals surface area (Å²) in [7, 11) is -7.19. The maximum absolute atomic E-state index is 12.2. The zero-order valence-corrected chi connectivity index (χ0v) is 15.1. The second kappa shape index (κ2) is 6.81. The van der Waals surface area contributed by atoms with Gasteiger partial charge in [0.25, 0.3) is 5.89 Å². The molecule has 0 aliphatic rings. The Morgan fingerprint density at radius 1 is 1.36 bits per heavy atom. The molecule has 0 saturated carbocycles. The van der Waals surface area contributed by atoms with Gasteiger partial charge in [-0.2, -0.15) is 0 Å². The van der Waals surface area contributed by atoms with Crippen LogP contribution in [0.25, 0.3) is 11.1 Å². The number of fused-ring (bicyclic) bond motifs is 1. The highest BCUT2D eigenvalue weighted by molar-refractivity contribution is 7.96. The van der Waals surface area contributed by atoms with Crippen molar-refractivity contribution >= 4 is 36.5 Å². The number of rotatable bonds is 6. The van der Waals surface area contributed by atoms with Gasteiger partial charge in [-0.15, -0.1) is 0 Å². The van der Waals surface area contributed by atoms with Crippen LogP contribution in [0.5, 0.6) is 0 Å². The summed E-state index contributed by atoms with van der Waals surface area (Å²) in [5.41, 5.74) is 0.0141. The van der Waals surface area contributed by atoms with Crippen molar-refractivity contribution in [1.82, 2.24) is 4.98 Å². The van der Waals surface area contributed by atoms with E-state index < -0.39 is 19.7 Å². The summed E-state index contributed by atoms with van der Waals surface area (Å²) in [6, 6.07) is 4.02. The van der Waals surface area contributed by atoms with E-state index in [0.29, 0.717) is 0 Å². The summed E-state index contributed by atoms with van der Waals surface area (Å²) in [5, 5.41) is 12.3. The Labute approximate surface area is 145 Å². The highest BCUT2D eigenvalue weighted by Crippen LogP contribution is 2.23. The molecule has 2 aromatic rings. The number of allylic oxidation sites excluding steroid dienone is 3. The predicted molar refractivity (Wildman–Crippen MR) is 93.2 cm³/mol. The van der Waals surface area contributed by atoms with Crippen molar-refractivity contribution in [2.75, 3.05) is 12.0 Å². The van der Waals surface area contributed by atoms with Gasteiger partial charge in [0.15, 0.2) is 31.0 Å². The Bertz CT molecular complexity index is 1090. The molecule has 0 amide bonds. The van der Waals surface area contributed by atoms with Crippen LogP contribution in [0.2, 0.25) is 0 Å². The zero-order valence-electron chi connectivity index (χ0n) is 13.5. The number of oxime groups is 1. The lowest BCUT2D eigenvalue weighted by molar-refractivity contribution is 0.318. The fourth-order valence-electron chi connectivity index (χ4n) is 2.03. The molecule has 0 aliphatic carbocycles. The second-order valence-corrected chi connectivity index (χ2v) is 9.30. The number of aromatic nitrogens is 1. The fraction of sp³-hybridized carbons (Fsp3) is 0.200. The molecule has 1 heterocycles. The van der Waals surface area contributed by atoms with Crippen LogP contribution in [0.15, 0.2) is 56.3 Å². The van der Waals surface area contributed by atoms with Gasteiger partial charge in [0.1, 0.15) is 10.4 Å². The number of hydrogen-bond acceptors (Lipinski definition) is 8. The Morgan fingerprint density at radius 3 is 2.56 bits per heavy atom. The molecule has 8 nitrogen and oxygen atoms in total. The van der Waals surface area contributed by atoms with Crippen LogP contribution >= 0.6 is 0 Å². The van der Waals surface area contributed by atoms with E-state index in [2.05, 4.69) is 16.7 Å². The molecule has 0 fully saturated rings. The number of nitrogens with zero attached hydrogens (tertiary/aromatic N) is 2. The van der Waals surface area contributed by atoms with Gasteiger partial charge in [0.05, 0.1) is 10.6 Å². The van der Waals surface area contributed by atoms with Crippen molar-refractivity contribution in [3.8, 4) is 0 Å². The van der Waals surface area contributed by atoms with Crippen molar-refractivity contribution in [3.63, 3.8) is 0 Å². The molecule has 2 rings (SSSR count). The topological polar surface area (TPSA) is 127 Å². The molecule has 0 saturated heterocycles. The highest BCUT2D eigenvalue weighted by Gasteiger charge is 2.27. The van der Waals surface area contributed by atoms with Crippen LogP contribution in [0.3, 0.4) is 0 Å². The SMILES string of the molecule is C=C/C=C(\C(=NO)c1nc2cc(S(C)(=O)=O)ccc2o1)S(=O)(=O)CC. The Morgan fingerprint density at radius 2 is 2.04 bits per heavy atom. The minimum absolute atomic E-state index is 0.0328. The van der Waals surface area contributed by atoms with Crippen LogP contribution in [0.4, 0.5) is 0 Å². The van der Waals surface area contributed by atoms with Crippen molar-refractivity contribution in [2.45, 2.75) is 11.8 Å². The molecule has 1 aromatic carbocycles. The van der Waals surface area contributed by atoms with Crippen molar-refractivity contribution < 1.29 is 26.5 Å². The van der Waals surface area contributed by atoms with E-state index in [1.807, 2.05) is 0 Å². The monoisotopic (exact) mass is 384 g/mol. The Balaban J connectivity index is 2.66. The average molecular weight is 384 g/mol. The van der Waals surface area contributed by atoms with E-state index >= 15 is 0 Å². The standard InChI is InChI=1S/C15H16N2O6S2/c1-4-6-13(25(21,22)5-2)14(17-18)15-16-11-9-10(24(3,19)20)7-8-12(11)23-15/h4,6-9,18H,1,5H2,2-3H3/b13-6+,17-14?. The van der Waals surface area contributed by atoms with Gasteiger partial charge < -0.3 is 9.62 Å². The summed E-state index contributed by atoms with van der Waals surface area (Å²) >= 11 is 0. The van der Waals surface area contributed by atoms with Crippen LogP contribution in [-0.2, 0) is 19.7 Å². The van der Waals surface area contributed by atoms with Crippen LogP contribution in [0, 0.1) is 0 Å². The maximum atomic E-state index is 12.2. The molecular formula is C15H16N2O6S2. The molecule has 0 radical (unpaired) electrons. The Kier molecular flexibility index (Phi) is 5.14. The van der Waals surface area contributed by atoms with Gasteiger partial charge in [-0.1, -0.05) is 24.7 Å². The molecule has 1 N–H and O–H groups in total.